The molecule has 0 aliphatic carbocycles. The smallest absolute Gasteiger partial charge is 0.135 e. The second-order valence-electron chi connectivity index (χ2n) is 3.84. The number of hydrogen-bond acceptors (Lipinski definition) is 3. The fourth-order valence-electron chi connectivity index (χ4n) is 1.58. The molecule has 2 rings (SSSR count). The van der Waals surface area contributed by atoms with Crippen molar-refractivity contribution in [1.29, 1.82) is 0 Å². The van der Waals surface area contributed by atoms with Crippen LogP contribution in [0.2, 0.25) is 0 Å². The van der Waals surface area contributed by atoms with Gasteiger partial charge in [-0.15, -0.1) is 0 Å². The van der Waals surface area contributed by atoms with Crippen LogP contribution in [0.25, 0.3) is 0 Å². The third kappa shape index (κ3) is 3.00. The second-order valence-corrected chi connectivity index (χ2v) is 3.84. The van der Waals surface area contributed by atoms with Crippen LogP contribution in [-0.4, -0.2) is 24.8 Å². The number of halogens is 2. The molecule has 18 heavy (non-hydrogen) atoms. The molecule has 0 saturated heterocycles. The van der Waals surface area contributed by atoms with Crippen molar-refractivity contribution in [2.45, 2.75) is 6.92 Å². The lowest BCUT2D eigenvalue weighted by Gasteiger charge is -2.03. The molecule has 0 spiro atoms. The lowest BCUT2D eigenvalue weighted by molar-refractivity contribution is 0.582. The van der Waals surface area contributed by atoms with E-state index >= 15 is 0 Å². The molecule has 0 atom stereocenters. The minimum absolute atomic E-state index is 0.218. The Hall–Kier alpha value is -2.04. The summed E-state index contributed by atoms with van der Waals surface area (Å²) in [6.45, 7) is 2.65. The van der Waals surface area contributed by atoms with Crippen molar-refractivity contribution >= 4 is 11.5 Å². The summed E-state index contributed by atoms with van der Waals surface area (Å²) >= 11 is 0. The van der Waals surface area contributed by atoms with Gasteiger partial charge < -0.3 is 5.32 Å². The van der Waals surface area contributed by atoms with Gasteiger partial charge >= 0.3 is 0 Å². The van der Waals surface area contributed by atoms with Crippen LogP contribution in [0.3, 0.4) is 0 Å². The molecule has 5 heteroatoms. The highest BCUT2D eigenvalue weighted by molar-refractivity contribution is 6.09. The normalized spacial score (nSPS) is 23.5. The SMILES string of the molecule is C/C1=N/C/N=C(c2ccc(F)cc2F)\C=C/CN1. The van der Waals surface area contributed by atoms with Gasteiger partial charge in [-0.05, 0) is 25.1 Å². The Morgan fingerprint density at radius 1 is 1.22 bits per heavy atom. The molecule has 0 bridgehead atoms. The average Bonchev–Trinajstić information content (AvgIpc) is 2.42. The molecule has 0 saturated carbocycles. The van der Waals surface area contributed by atoms with Gasteiger partial charge in [0.25, 0.3) is 0 Å². The first-order valence-electron chi connectivity index (χ1n) is 5.58. The number of nitrogens with zero attached hydrogens (tertiary/aromatic N) is 2. The molecule has 0 amide bonds. The first-order chi connectivity index (χ1) is 8.66. The van der Waals surface area contributed by atoms with Crippen LogP contribution < -0.4 is 5.32 Å². The molecule has 0 aromatic heterocycles. The Balaban J connectivity index is 2.35. The van der Waals surface area contributed by atoms with E-state index < -0.39 is 11.6 Å². The molecular formula is C13H13F2N3. The number of hydrogen-bond donors (Lipinski definition) is 1. The van der Waals surface area contributed by atoms with Gasteiger partial charge in [-0.25, -0.2) is 13.8 Å². The van der Waals surface area contributed by atoms with Crippen molar-refractivity contribution in [2.75, 3.05) is 13.2 Å². The first-order valence-corrected chi connectivity index (χ1v) is 5.58. The topological polar surface area (TPSA) is 36.8 Å². The molecular weight excluding hydrogens is 236 g/mol. The summed E-state index contributed by atoms with van der Waals surface area (Å²) in [7, 11) is 0. The van der Waals surface area contributed by atoms with Crippen molar-refractivity contribution in [3.05, 3.63) is 47.5 Å². The largest absolute Gasteiger partial charge is 0.371 e. The van der Waals surface area contributed by atoms with Crippen LogP contribution in [0.4, 0.5) is 8.78 Å². The van der Waals surface area contributed by atoms with E-state index in [0.29, 0.717) is 12.3 Å². The summed E-state index contributed by atoms with van der Waals surface area (Å²) in [5.41, 5.74) is 0.746. The van der Waals surface area contributed by atoms with E-state index in [0.717, 1.165) is 11.9 Å². The number of aliphatic imine (C=N–C) groups is 2. The monoisotopic (exact) mass is 249 g/mol. The van der Waals surface area contributed by atoms with Gasteiger partial charge in [0.15, 0.2) is 0 Å². The van der Waals surface area contributed by atoms with E-state index in [1.165, 1.54) is 12.1 Å². The number of benzene rings is 1. The van der Waals surface area contributed by atoms with Gasteiger partial charge in [-0.1, -0.05) is 6.08 Å². The molecule has 1 aromatic carbocycles. The quantitative estimate of drug-likeness (QED) is 0.814. The molecule has 94 valence electrons. The zero-order valence-corrected chi connectivity index (χ0v) is 9.95. The first kappa shape index (κ1) is 12.4. The van der Waals surface area contributed by atoms with E-state index in [-0.39, 0.29) is 12.2 Å². The Kier molecular flexibility index (Phi) is 3.82. The zero-order valence-electron chi connectivity index (χ0n) is 9.95. The van der Waals surface area contributed by atoms with Crippen LogP contribution in [0, 0.1) is 11.6 Å². The lowest BCUT2D eigenvalue weighted by atomic mass is 10.1. The standard InChI is InChI=1S/C13H13F2N3/c1-9-16-6-2-3-13(18-8-17-9)11-5-4-10(14)7-12(11)15/h2-5,7H,6,8H2,1H3,(H,16,17)/b3-2-,18-13+. The van der Waals surface area contributed by atoms with Crippen molar-refractivity contribution in [3.8, 4) is 0 Å². The van der Waals surface area contributed by atoms with Gasteiger partial charge in [0.2, 0.25) is 0 Å². The molecule has 1 heterocycles. The number of rotatable bonds is 1. The molecule has 1 aromatic rings. The summed E-state index contributed by atoms with van der Waals surface area (Å²) in [6, 6.07) is 3.45. The summed E-state index contributed by atoms with van der Waals surface area (Å²) in [5.74, 6) is -0.435. The zero-order chi connectivity index (χ0) is 13.0. The highest BCUT2D eigenvalue weighted by atomic mass is 19.1. The van der Waals surface area contributed by atoms with E-state index in [2.05, 4.69) is 15.3 Å². The summed E-state index contributed by atoms with van der Waals surface area (Å²) in [4.78, 5) is 8.34. The number of amidine groups is 1. The molecule has 1 N–H and O–H groups in total. The van der Waals surface area contributed by atoms with Crippen LogP contribution in [0.1, 0.15) is 12.5 Å². The van der Waals surface area contributed by atoms with Gasteiger partial charge in [0.05, 0.1) is 11.5 Å². The highest BCUT2D eigenvalue weighted by Gasteiger charge is 2.08. The summed E-state index contributed by atoms with van der Waals surface area (Å²) in [6.07, 6.45) is 3.53. The Morgan fingerprint density at radius 2 is 2.06 bits per heavy atom. The fourth-order valence-corrected chi connectivity index (χ4v) is 1.58. The predicted molar refractivity (Wildman–Crippen MR) is 68.0 cm³/mol. The van der Waals surface area contributed by atoms with Crippen LogP contribution in [-0.2, 0) is 0 Å². The van der Waals surface area contributed by atoms with Gasteiger partial charge in [0, 0.05) is 18.2 Å². The predicted octanol–water partition coefficient (Wildman–Crippen LogP) is 2.29. The Labute approximate surface area is 104 Å². The Morgan fingerprint density at radius 3 is 2.83 bits per heavy atom. The van der Waals surface area contributed by atoms with E-state index in [1.54, 1.807) is 6.08 Å². The van der Waals surface area contributed by atoms with Gasteiger partial charge in [-0.2, -0.15) is 0 Å². The Bertz CT molecular complexity index is 533. The molecule has 0 fully saturated rings. The van der Waals surface area contributed by atoms with Gasteiger partial charge in [-0.3, -0.25) is 4.99 Å². The minimum atomic E-state index is -0.619. The molecule has 1 aliphatic rings. The molecule has 0 radical (unpaired) electrons. The third-order valence-electron chi connectivity index (χ3n) is 2.51. The fraction of sp³-hybridized carbons (Fsp3) is 0.231. The van der Waals surface area contributed by atoms with E-state index in [1.807, 2.05) is 13.0 Å². The molecule has 1 aliphatic heterocycles. The van der Waals surface area contributed by atoms with Crippen LogP contribution >= 0.6 is 0 Å². The maximum Gasteiger partial charge on any atom is 0.135 e. The van der Waals surface area contributed by atoms with Crippen molar-refractivity contribution < 1.29 is 8.78 Å². The van der Waals surface area contributed by atoms with Crippen molar-refractivity contribution in [2.24, 2.45) is 9.98 Å². The molecule has 0 unspecified atom stereocenters. The maximum absolute atomic E-state index is 13.6. The second kappa shape index (κ2) is 5.53. The summed E-state index contributed by atoms with van der Waals surface area (Å²) < 4.78 is 26.5. The maximum atomic E-state index is 13.6. The van der Waals surface area contributed by atoms with E-state index in [9.17, 15) is 8.78 Å². The highest BCUT2D eigenvalue weighted by Crippen LogP contribution is 2.12. The number of allylic oxidation sites excluding steroid dienone is 1. The van der Waals surface area contributed by atoms with Crippen LogP contribution in [0.5, 0.6) is 0 Å². The number of nitrogens with one attached hydrogen (secondary N) is 1. The third-order valence-corrected chi connectivity index (χ3v) is 2.51. The van der Waals surface area contributed by atoms with Crippen molar-refractivity contribution in [3.63, 3.8) is 0 Å². The van der Waals surface area contributed by atoms with Crippen LogP contribution in [0.15, 0.2) is 40.3 Å². The van der Waals surface area contributed by atoms with E-state index in [4.69, 9.17) is 0 Å². The minimum Gasteiger partial charge on any atom is -0.371 e. The van der Waals surface area contributed by atoms with Crippen molar-refractivity contribution in [1.82, 2.24) is 5.32 Å². The average molecular weight is 249 g/mol. The summed E-state index contributed by atoms with van der Waals surface area (Å²) in [5, 5.41) is 3.06. The lowest BCUT2D eigenvalue weighted by Crippen LogP contribution is -2.20. The van der Waals surface area contributed by atoms with Gasteiger partial charge in [0.1, 0.15) is 18.3 Å². The molecule has 3 nitrogen and oxygen atoms in total.